The van der Waals surface area contributed by atoms with E-state index in [2.05, 4.69) is 22.8 Å². The number of carbonyl (C=O) groups is 1. The van der Waals surface area contributed by atoms with Crippen molar-refractivity contribution in [3.63, 3.8) is 0 Å². The van der Waals surface area contributed by atoms with Crippen LogP contribution in [0.15, 0.2) is 83.2 Å². The fraction of sp³-hybridized carbons (Fsp3) is 0.207. The molecule has 2 heterocycles. The molecule has 194 valence electrons. The number of ether oxygens (including phenoxy) is 1. The molecule has 0 radical (unpaired) electrons. The van der Waals surface area contributed by atoms with E-state index in [0.717, 1.165) is 22.4 Å². The van der Waals surface area contributed by atoms with Gasteiger partial charge in [0, 0.05) is 17.1 Å². The number of amides is 1. The molecule has 0 saturated carbocycles. The molecular weight excluding hydrogens is 498 g/mol. The highest BCUT2D eigenvalue weighted by atomic mass is 32.2. The Kier molecular flexibility index (Phi) is 7.11. The maximum absolute atomic E-state index is 13.8. The number of anilines is 2. The quantitative estimate of drug-likeness (QED) is 0.260. The van der Waals surface area contributed by atoms with Gasteiger partial charge < -0.3 is 20.5 Å². The minimum Gasteiger partial charge on any atom is -0.504 e. The van der Waals surface area contributed by atoms with Gasteiger partial charge in [-0.1, -0.05) is 65.9 Å². The number of nitrogens with zero attached hydrogens (tertiary/aromatic N) is 3. The molecule has 3 aromatic carbocycles. The number of hydrogen-bond acceptors (Lipinski definition) is 7. The Labute approximate surface area is 225 Å². The minimum absolute atomic E-state index is 0.0186. The number of carbonyl (C=O) groups excluding carboxylic acids is 1. The number of aryl methyl sites for hydroxylation is 2. The number of aromatic hydroxyl groups is 1. The van der Waals surface area contributed by atoms with Gasteiger partial charge in [0.15, 0.2) is 11.5 Å². The van der Waals surface area contributed by atoms with Crippen molar-refractivity contribution in [1.82, 2.24) is 14.8 Å². The van der Waals surface area contributed by atoms with Crippen LogP contribution in [0, 0.1) is 13.8 Å². The molecule has 1 aromatic heterocycles. The number of nitrogens with one attached hydrogen (secondary N) is 2. The summed E-state index contributed by atoms with van der Waals surface area (Å²) < 4.78 is 7.10. The van der Waals surface area contributed by atoms with Gasteiger partial charge in [0.05, 0.1) is 12.7 Å². The molecule has 1 amide bonds. The molecule has 9 heteroatoms. The normalized spacial score (nSPS) is 14.6. The first kappa shape index (κ1) is 25.4. The van der Waals surface area contributed by atoms with Crippen LogP contribution in [0.1, 0.15) is 35.2 Å². The van der Waals surface area contributed by atoms with E-state index in [4.69, 9.17) is 14.8 Å². The average Bonchev–Trinajstić information content (AvgIpc) is 3.31. The second-order valence-corrected chi connectivity index (χ2v) is 10.1. The molecule has 0 fully saturated rings. The molecule has 0 aliphatic carbocycles. The van der Waals surface area contributed by atoms with E-state index >= 15 is 0 Å². The minimum atomic E-state index is -0.593. The average molecular weight is 528 g/mol. The van der Waals surface area contributed by atoms with Crippen LogP contribution in [0.25, 0.3) is 0 Å². The highest BCUT2D eigenvalue weighted by Crippen LogP contribution is 2.39. The number of hydrogen-bond donors (Lipinski definition) is 3. The molecule has 38 heavy (non-hydrogen) atoms. The number of aromatic nitrogens is 3. The van der Waals surface area contributed by atoms with Crippen LogP contribution in [0.2, 0.25) is 0 Å². The fourth-order valence-electron chi connectivity index (χ4n) is 4.52. The van der Waals surface area contributed by atoms with Crippen LogP contribution in [-0.4, -0.2) is 32.9 Å². The van der Waals surface area contributed by atoms with E-state index in [1.54, 1.807) is 22.9 Å². The van der Waals surface area contributed by atoms with Gasteiger partial charge in [0.2, 0.25) is 11.1 Å². The molecule has 0 unspecified atom stereocenters. The molecule has 1 aliphatic heterocycles. The van der Waals surface area contributed by atoms with Crippen LogP contribution >= 0.6 is 11.8 Å². The number of allylic oxidation sites excluding steroid dienone is 1. The third-order valence-corrected chi connectivity index (χ3v) is 7.35. The standard InChI is InChI=1S/C29H29N5O3S/c1-17-10-12-22(18(2)14-17)31-27(36)25-19(3)30-28-32-29(38-16-20-8-6-5-7-9-20)33-34(28)26(25)21-11-13-23(35)24(15-21)37-4/h5-15,26,35H,16H2,1-4H3,(H,31,36)(H,30,32,33)/t26-/m0/s1. The highest BCUT2D eigenvalue weighted by Gasteiger charge is 2.35. The summed E-state index contributed by atoms with van der Waals surface area (Å²) >= 11 is 1.52. The monoisotopic (exact) mass is 527 g/mol. The summed E-state index contributed by atoms with van der Waals surface area (Å²) in [7, 11) is 1.50. The van der Waals surface area contributed by atoms with Gasteiger partial charge in [-0.15, -0.1) is 5.10 Å². The Morgan fingerprint density at radius 3 is 2.63 bits per heavy atom. The Balaban J connectivity index is 1.53. The molecule has 8 nitrogen and oxygen atoms in total. The summed E-state index contributed by atoms with van der Waals surface area (Å²) in [6.45, 7) is 5.85. The summed E-state index contributed by atoms with van der Waals surface area (Å²) in [6.07, 6.45) is 0. The summed E-state index contributed by atoms with van der Waals surface area (Å²) in [5.41, 5.74) is 5.91. The predicted molar refractivity (Wildman–Crippen MR) is 150 cm³/mol. The lowest BCUT2D eigenvalue weighted by Crippen LogP contribution is -2.31. The van der Waals surface area contributed by atoms with E-state index in [1.807, 2.05) is 57.2 Å². The van der Waals surface area contributed by atoms with Crippen molar-refractivity contribution in [2.75, 3.05) is 17.7 Å². The molecule has 1 atom stereocenters. The summed E-state index contributed by atoms with van der Waals surface area (Å²) in [6, 6.07) is 20.5. The Bertz CT molecular complexity index is 1530. The fourth-order valence-corrected chi connectivity index (χ4v) is 5.31. The largest absolute Gasteiger partial charge is 0.504 e. The third-order valence-electron chi connectivity index (χ3n) is 6.44. The van der Waals surface area contributed by atoms with Gasteiger partial charge in [-0.2, -0.15) is 4.98 Å². The van der Waals surface area contributed by atoms with Gasteiger partial charge >= 0.3 is 0 Å². The molecule has 3 N–H and O–H groups in total. The molecule has 1 aliphatic rings. The molecular formula is C29H29N5O3S. The van der Waals surface area contributed by atoms with Gasteiger partial charge in [-0.25, -0.2) is 4.68 Å². The van der Waals surface area contributed by atoms with Crippen molar-refractivity contribution in [2.45, 2.75) is 37.7 Å². The lowest BCUT2D eigenvalue weighted by molar-refractivity contribution is -0.113. The van der Waals surface area contributed by atoms with Crippen molar-refractivity contribution in [3.05, 3.63) is 100 Å². The maximum Gasteiger partial charge on any atom is 0.255 e. The summed E-state index contributed by atoms with van der Waals surface area (Å²) in [5.74, 6) is 1.34. The van der Waals surface area contributed by atoms with Crippen LogP contribution in [0.3, 0.4) is 0 Å². The lowest BCUT2D eigenvalue weighted by atomic mass is 9.94. The van der Waals surface area contributed by atoms with E-state index in [9.17, 15) is 9.90 Å². The van der Waals surface area contributed by atoms with E-state index in [1.165, 1.54) is 24.4 Å². The SMILES string of the molecule is COc1cc([C@H]2C(C(=O)Nc3ccc(C)cc3C)=C(C)Nc3nc(SCc4ccccc4)nn32)ccc1O. The van der Waals surface area contributed by atoms with Gasteiger partial charge in [-0.05, 0) is 55.7 Å². The number of phenolic OH excluding ortho intramolecular Hbond substituents is 1. The Morgan fingerprint density at radius 1 is 1.11 bits per heavy atom. The first-order chi connectivity index (χ1) is 18.3. The number of thioether (sulfide) groups is 1. The Morgan fingerprint density at radius 2 is 1.89 bits per heavy atom. The van der Waals surface area contributed by atoms with E-state index in [0.29, 0.717) is 33.9 Å². The van der Waals surface area contributed by atoms with Gasteiger partial charge in [0.1, 0.15) is 6.04 Å². The van der Waals surface area contributed by atoms with Crippen molar-refractivity contribution >= 4 is 29.3 Å². The van der Waals surface area contributed by atoms with Gasteiger partial charge in [-0.3, -0.25) is 4.79 Å². The number of fused-ring (bicyclic) bond motifs is 1. The van der Waals surface area contributed by atoms with Crippen molar-refractivity contribution in [1.29, 1.82) is 0 Å². The molecule has 0 bridgehead atoms. The number of methoxy groups -OCH3 is 1. The van der Waals surface area contributed by atoms with Crippen molar-refractivity contribution in [3.8, 4) is 11.5 Å². The van der Waals surface area contributed by atoms with Crippen LogP contribution in [-0.2, 0) is 10.5 Å². The summed E-state index contributed by atoms with van der Waals surface area (Å²) in [5, 5.41) is 22.0. The molecule has 5 rings (SSSR count). The van der Waals surface area contributed by atoms with E-state index < -0.39 is 6.04 Å². The first-order valence-electron chi connectivity index (χ1n) is 12.2. The van der Waals surface area contributed by atoms with Gasteiger partial charge in [0.25, 0.3) is 5.91 Å². The van der Waals surface area contributed by atoms with E-state index in [-0.39, 0.29) is 11.7 Å². The molecule has 0 saturated heterocycles. The van der Waals surface area contributed by atoms with Crippen LogP contribution in [0.4, 0.5) is 11.6 Å². The molecule has 0 spiro atoms. The zero-order valence-electron chi connectivity index (χ0n) is 21.6. The predicted octanol–water partition coefficient (Wildman–Crippen LogP) is 5.83. The van der Waals surface area contributed by atoms with Crippen molar-refractivity contribution < 1.29 is 14.6 Å². The number of rotatable bonds is 7. The highest BCUT2D eigenvalue weighted by molar-refractivity contribution is 7.98. The molecule has 4 aromatic rings. The zero-order valence-corrected chi connectivity index (χ0v) is 22.5. The zero-order chi connectivity index (χ0) is 26.8. The second-order valence-electron chi connectivity index (χ2n) is 9.21. The maximum atomic E-state index is 13.8. The Hall–Kier alpha value is -4.24. The first-order valence-corrected chi connectivity index (χ1v) is 13.2. The number of benzene rings is 3. The van der Waals surface area contributed by atoms with Crippen LogP contribution < -0.4 is 15.4 Å². The lowest BCUT2D eigenvalue weighted by Gasteiger charge is -2.29. The second kappa shape index (κ2) is 10.6. The van der Waals surface area contributed by atoms with Crippen molar-refractivity contribution in [2.24, 2.45) is 0 Å². The number of phenols is 1. The summed E-state index contributed by atoms with van der Waals surface area (Å²) in [4.78, 5) is 18.5. The van der Waals surface area contributed by atoms with Crippen LogP contribution in [0.5, 0.6) is 11.5 Å². The third kappa shape index (κ3) is 5.10. The smallest absolute Gasteiger partial charge is 0.255 e. The topological polar surface area (TPSA) is 101 Å².